The van der Waals surface area contributed by atoms with Crippen molar-refractivity contribution in [3.63, 3.8) is 0 Å². The second kappa shape index (κ2) is 6.33. The van der Waals surface area contributed by atoms with Crippen LogP contribution >= 0.6 is 15.9 Å². The van der Waals surface area contributed by atoms with Crippen LogP contribution in [0.5, 0.6) is 0 Å². The maximum Gasteiger partial charge on any atom is 0.0766 e. The second-order valence-corrected chi connectivity index (χ2v) is 5.77. The Balaban J connectivity index is 2.04. The predicted octanol–water partition coefficient (Wildman–Crippen LogP) is 4.09. The average Bonchev–Trinajstić information content (AvgIpc) is 2.53. The van der Waals surface area contributed by atoms with Gasteiger partial charge in [0.2, 0.25) is 0 Å². The van der Waals surface area contributed by atoms with Gasteiger partial charge in [0.1, 0.15) is 0 Å². The number of nitrogens with one attached hydrogen (secondary N) is 1. The molecule has 1 aromatic carbocycles. The summed E-state index contributed by atoms with van der Waals surface area (Å²) in [5, 5.41) is 4.63. The Labute approximate surface area is 132 Å². The van der Waals surface area contributed by atoms with Crippen molar-refractivity contribution in [2.24, 2.45) is 0 Å². The monoisotopic (exact) mass is 341 g/mol. The highest BCUT2D eigenvalue weighted by molar-refractivity contribution is 9.10. The van der Waals surface area contributed by atoms with Crippen LogP contribution in [-0.4, -0.2) is 16.5 Å². The molecule has 1 atom stereocenters. The fraction of sp³-hybridized carbons (Fsp3) is 0.176. The quantitative estimate of drug-likeness (QED) is 0.776. The third-order valence-corrected chi connectivity index (χ3v) is 3.87. The molecule has 0 saturated carbocycles. The first-order chi connectivity index (χ1) is 10.3. The fourth-order valence-electron chi connectivity index (χ4n) is 2.40. The summed E-state index contributed by atoms with van der Waals surface area (Å²) in [6.45, 7) is 2.97. The van der Waals surface area contributed by atoms with E-state index in [1.165, 1.54) is 0 Å². The van der Waals surface area contributed by atoms with E-state index >= 15 is 0 Å². The van der Waals surface area contributed by atoms with Crippen LogP contribution in [0.25, 0.3) is 10.9 Å². The van der Waals surface area contributed by atoms with Gasteiger partial charge in [0.15, 0.2) is 0 Å². The highest BCUT2D eigenvalue weighted by atomic mass is 79.9. The third kappa shape index (κ3) is 3.12. The molecule has 21 heavy (non-hydrogen) atoms. The molecular formula is C17H16BrN3. The zero-order valence-corrected chi connectivity index (χ0v) is 13.3. The van der Waals surface area contributed by atoms with Gasteiger partial charge in [-0.2, -0.15) is 0 Å². The molecule has 106 valence electrons. The standard InChI is InChI=1S/C17H16BrN3/c1-2-19-17(16-8-7-14(18)11-21-16)13-9-12-5-3-4-6-15(12)20-10-13/h3-11,17,19H,2H2,1H3. The minimum Gasteiger partial charge on any atom is -0.305 e. The Morgan fingerprint density at radius 3 is 2.71 bits per heavy atom. The van der Waals surface area contributed by atoms with Crippen molar-refractivity contribution in [3.8, 4) is 0 Å². The lowest BCUT2D eigenvalue weighted by Crippen LogP contribution is -2.23. The highest BCUT2D eigenvalue weighted by Gasteiger charge is 2.15. The Bertz CT molecular complexity index is 740. The van der Waals surface area contributed by atoms with Gasteiger partial charge in [-0.1, -0.05) is 25.1 Å². The minimum atomic E-state index is 0.0557. The minimum absolute atomic E-state index is 0.0557. The molecule has 0 amide bonds. The molecule has 0 aliphatic rings. The summed E-state index contributed by atoms with van der Waals surface area (Å²) in [6.07, 6.45) is 3.76. The molecule has 2 aromatic heterocycles. The lowest BCUT2D eigenvalue weighted by molar-refractivity contribution is 0.614. The van der Waals surface area contributed by atoms with Crippen molar-refractivity contribution in [2.75, 3.05) is 6.54 Å². The van der Waals surface area contributed by atoms with E-state index in [1.54, 1.807) is 0 Å². The van der Waals surface area contributed by atoms with Gasteiger partial charge in [0.25, 0.3) is 0 Å². The van der Waals surface area contributed by atoms with Crippen molar-refractivity contribution in [1.82, 2.24) is 15.3 Å². The van der Waals surface area contributed by atoms with Crippen molar-refractivity contribution >= 4 is 26.8 Å². The zero-order chi connectivity index (χ0) is 14.7. The van der Waals surface area contributed by atoms with Gasteiger partial charge in [-0.3, -0.25) is 9.97 Å². The number of halogens is 1. The van der Waals surface area contributed by atoms with Crippen LogP contribution in [0.2, 0.25) is 0 Å². The summed E-state index contributed by atoms with van der Waals surface area (Å²) < 4.78 is 0.984. The van der Waals surface area contributed by atoms with Gasteiger partial charge in [-0.15, -0.1) is 0 Å². The third-order valence-electron chi connectivity index (χ3n) is 3.40. The Morgan fingerprint density at radius 1 is 1.10 bits per heavy atom. The maximum absolute atomic E-state index is 4.55. The molecule has 0 radical (unpaired) electrons. The number of pyridine rings is 2. The number of benzene rings is 1. The topological polar surface area (TPSA) is 37.8 Å². The first-order valence-corrected chi connectivity index (χ1v) is 7.77. The molecule has 3 aromatic rings. The number of hydrogen-bond donors (Lipinski definition) is 1. The Hall–Kier alpha value is -1.78. The summed E-state index contributed by atoms with van der Waals surface area (Å²) in [5.41, 5.74) is 3.14. The summed E-state index contributed by atoms with van der Waals surface area (Å²) in [4.78, 5) is 9.07. The first kappa shape index (κ1) is 14.2. The Kier molecular flexibility index (Phi) is 4.27. The maximum atomic E-state index is 4.55. The van der Waals surface area contributed by atoms with Gasteiger partial charge in [-0.05, 0) is 52.3 Å². The van der Waals surface area contributed by atoms with E-state index in [4.69, 9.17) is 0 Å². The average molecular weight is 342 g/mol. The molecule has 0 spiro atoms. The molecule has 3 rings (SSSR count). The van der Waals surface area contributed by atoms with Crippen LogP contribution in [0.15, 0.2) is 59.3 Å². The van der Waals surface area contributed by atoms with Crippen molar-refractivity contribution in [3.05, 3.63) is 70.6 Å². The summed E-state index contributed by atoms with van der Waals surface area (Å²) in [5.74, 6) is 0. The van der Waals surface area contributed by atoms with Crippen molar-refractivity contribution < 1.29 is 0 Å². The van der Waals surface area contributed by atoms with E-state index < -0.39 is 0 Å². The SMILES string of the molecule is CCNC(c1cnc2ccccc2c1)c1ccc(Br)cn1. The van der Waals surface area contributed by atoms with Crippen LogP contribution in [0.1, 0.15) is 24.2 Å². The van der Waals surface area contributed by atoms with E-state index in [-0.39, 0.29) is 6.04 Å². The highest BCUT2D eigenvalue weighted by Crippen LogP contribution is 2.23. The van der Waals surface area contributed by atoms with Crippen LogP contribution < -0.4 is 5.32 Å². The lowest BCUT2D eigenvalue weighted by Gasteiger charge is -2.18. The number of hydrogen-bond acceptors (Lipinski definition) is 3. The molecule has 1 N–H and O–H groups in total. The predicted molar refractivity (Wildman–Crippen MR) is 89.2 cm³/mol. The van der Waals surface area contributed by atoms with Crippen LogP contribution in [-0.2, 0) is 0 Å². The first-order valence-electron chi connectivity index (χ1n) is 6.97. The zero-order valence-electron chi connectivity index (χ0n) is 11.8. The Morgan fingerprint density at radius 2 is 1.95 bits per heavy atom. The number of nitrogens with zero attached hydrogens (tertiary/aromatic N) is 2. The van der Waals surface area contributed by atoms with Gasteiger partial charge in [0, 0.05) is 22.3 Å². The second-order valence-electron chi connectivity index (χ2n) is 4.85. The molecule has 0 saturated heterocycles. The van der Waals surface area contributed by atoms with Gasteiger partial charge in [0.05, 0.1) is 17.3 Å². The normalized spacial score (nSPS) is 12.5. The molecule has 3 nitrogen and oxygen atoms in total. The van der Waals surface area contributed by atoms with Crippen LogP contribution in [0.4, 0.5) is 0 Å². The lowest BCUT2D eigenvalue weighted by atomic mass is 10.0. The van der Waals surface area contributed by atoms with Gasteiger partial charge in [-0.25, -0.2) is 0 Å². The van der Waals surface area contributed by atoms with Gasteiger partial charge < -0.3 is 5.32 Å². The molecule has 0 aliphatic carbocycles. The van der Waals surface area contributed by atoms with E-state index in [9.17, 15) is 0 Å². The largest absolute Gasteiger partial charge is 0.305 e. The summed E-state index contributed by atoms with van der Waals surface area (Å²) in [6, 6.07) is 14.4. The fourth-order valence-corrected chi connectivity index (χ4v) is 2.64. The number of para-hydroxylation sites is 1. The van der Waals surface area contributed by atoms with E-state index in [1.807, 2.05) is 42.7 Å². The molecule has 1 unspecified atom stereocenters. The molecule has 4 heteroatoms. The van der Waals surface area contributed by atoms with Crippen molar-refractivity contribution in [2.45, 2.75) is 13.0 Å². The van der Waals surface area contributed by atoms with Crippen LogP contribution in [0, 0.1) is 0 Å². The number of rotatable bonds is 4. The summed E-state index contributed by atoms with van der Waals surface area (Å²) in [7, 11) is 0. The number of fused-ring (bicyclic) bond motifs is 1. The van der Waals surface area contributed by atoms with Crippen molar-refractivity contribution in [1.29, 1.82) is 0 Å². The smallest absolute Gasteiger partial charge is 0.0766 e. The van der Waals surface area contributed by atoms with Crippen LogP contribution in [0.3, 0.4) is 0 Å². The van der Waals surface area contributed by atoms with Gasteiger partial charge >= 0.3 is 0 Å². The van der Waals surface area contributed by atoms with E-state index in [0.717, 1.165) is 33.2 Å². The molecule has 0 fully saturated rings. The molecule has 2 heterocycles. The molecule has 0 aliphatic heterocycles. The molecular weight excluding hydrogens is 326 g/mol. The van der Waals surface area contributed by atoms with E-state index in [2.05, 4.69) is 50.3 Å². The van der Waals surface area contributed by atoms with E-state index in [0.29, 0.717) is 0 Å². The molecule has 0 bridgehead atoms. The number of aromatic nitrogens is 2. The summed E-state index contributed by atoms with van der Waals surface area (Å²) >= 11 is 3.43.